The monoisotopic (exact) mass is 327 g/mol. The van der Waals surface area contributed by atoms with Gasteiger partial charge in [-0.1, -0.05) is 6.07 Å². The first-order chi connectivity index (χ1) is 8.74. The summed E-state index contributed by atoms with van der Waals surface area (Å²) in [4.78, 5) is 12.1. The molecule has 0 N–H and O–H groups in total. The van der Waals surface area contributed by atoms with E-state index >= 15 is 0 Å². The molecule has 6 heteroatoms. The third kappa shape index (κ3) is 3.00. The first-order valence-electron chi connectivity index (χ1n) is 5.58. The lowest BCUT2D eigenvalue weighted by atomic mass is 10.4. The molecule has 0 spiro atoms. The molecule has 96 valence electrons. The smallest absolute Gasteiger partial charge is 0.232 e. The van der Waals surface area contributed by atoms with Crippen molar-refractivity contribution in [2.45, 2.75) is 13.5 Å². The van der Waals surface area contributed by atoms with Crippen LogP contribution in [-0.2, 0) is 6.54 Å². The molecule has 0 atom stereocenters. The highest BCUT2D eigenvalue weighted by Crippen LogP contribution is 2.24. The molecule has 0 aromatic carbocycles. The van der Waals surface area contributed by atoms with Crippen LogP contribution in [0.4, 0.5) is 5.95 Å². The van der Waals surface area contributed by atoms with E-state index in [2.05, 4.69) is 55.2 Å². The van der Waals surface area contributed by atoms with Gasteiger partial charge in [-0.3, -0.25) is 0 Å². The highest BCUT2D eigenvalue weighted by Gasteiger charge is 2.12. The van der Waals surface area contributed by atoms with E-state index in [0.717, 1.165) is 17.6 Å². The van der Waals surface area contributed by atoms with E-state index in [4.69, 9.17) is 4.74 Å². The molecule has 0 aliphatic rings. The molecule has 2 heterocycles. The molecular weight excluding hydrogens is 314 g/mol. The van der Waals surface area contributed by atoms with Crippen molar-refractivity contribution in [3.05, 3.63) is 33.1 Å². The first kappa shape index (κ1) is 13.3. The van der Waals surface area contributed by atoms with Crippen LogP contribution in [0.25, 0.3) is 0 Å². The Kier molecular flexibility index (Phi) is 4.54. The summed E-state index contributed by atoms with van der Waals surface area (Å²) in [6.07, 6.45) is 1.72. The van der Waals surface area contributed by atoms with Crippen LogP contribution in [0.2, 0.25) is 0 Å². The largest absolute Gasteiger partial charge is 0.480 e. The SMILES string of the molecule is CCN(Cc1cccs1)c1ncc(Br)c(OC)n1. The molecule has 0 aliphatic carbocycles. The van der Waals surface area contributed by atoms with Gasteiger partial charge in [-0.25, -0.2) is 4.98 Å². The average molecular weight is 328 g/mol. The minimum atomic E-state index is 0.560. The third-order valence-corrected chi connectivity index (χ3v) is 3.89. The van der Waals surface area contributed by atoms with Crippen LogP contribution in [0.15, 0.2) is 28.2 Å². The van der Waals surface area contributed by atoms with E-state index < -0.39 is 0 Å². The van der Waals surface area contributed by atoms with Gasteiger partial charge >= 0.3 is 0 Å². The maximum atomic E-state index is 5.19. The van der Waals surface area contributed by atoms with E-state index in [1.54, 1.807) is 24.6 Å². The van der Waals surface area contributed by atoms with E-state index in [1.807, 2.05) is 0 Å². The third-order valence-electron chi connectivity index (χ3n) is 2.48. The van der Waals surface area contributed by atoms with Crippen molar-refractivity contribution in [3.8, 4) is 5.88 Å². The highest BCUT2D eigenvalue weighted by atomic mass is 79.9. The molecule has 0 unspecified atom stereocenters. The summed E-state index contributed by atoms with van der Waals surface area (Å²) in [6, 6.07) is 4.17. The van der Waals surface area contributed by atoms with Gasteiger partial charge < -0.3 is 9.64 Å². The zero-order chi connectivity index (χ0) is 13.0. The summed E-state index contributed by atoms with van der Waals surface area (Å²) in [7, 11) is 1.60. The average Bonchev–Trinajstić information content (AvgIpc) is 2.89. The fourth-order valence-corrected chi connectivity index (χ4v) is 2.63. The zero-order valence-corrected chi connectivity index (χ0v) is 12.7. The number of hydrogen-bond donors (Lipinski definition) is 0. The second kappa shape index (κ2) is 6.15. The van der Waals surface area contributed by atoms with Gasteiger partial charge in [0, 0.05) is 11.4 Å². The maximum absolute atomic E-state index is 5.19. The maximum Gasteiger partial charge on any atom is 0.232 e. The number of thiophene rings is 1. The molecule has 0 aliphatic heterocycles. The summed E-state index contributed by atoms with van der Waals surface area (Å²) in [5.74, 6) is 1.25. The fraction of sp³-hybridized carbons (Fsp3) is 0.333. The van der Waals surface area contributed by atoms with Crippen LogP contribution in [-0.4, -0.2) is 23.6 Å². The van der Waals surface area contributed by atoms with Crippen LogP contribution in [0, 0.1) is 0 Å². The van der Waals surface area contributed by atoms with Crippen molar-refractivity contribution in [3.63, 3.8) is 0 Å². The lowest BCUT2D eigenvalue weighted by Gasteiger charge is -2.20. The second-order valence-corrected chi connectivity index (χ2v) is 5.51. The normalized spacial score (nSPS) is 10.4. The van der Waals surface area contributed by atoms with Crippen LogP contribution in [0.1, 0.15) is 11.8 Å². The number of rotatable bonds is 5. The van der Waals surface area contributed by atoms with E-state index in [-0.39, 0.29) is 0 Å². The predicted octanol–water partition coefficient (Wildman–Crippen LogP) is 3.34. The van der Waals surface area contributed by atoms with Crippen molar-refractivity contribution in [1.82, 2.24) is 9.97 Å². The van der Waals surface area contributed by atoms with Gasteiger partial charge in [0.25, 0.3) is 0 Å². The Morgan fingerprint density at radius 2 is 2.33 bits per heavy atom. The summed E-state index contributed by atoms with van der Waals surface area (Å²) in [6.45, 7) is 3.76. The molecule has 0 saturated heterocycles. The number of hydrogen-bond acceptors (Lipinski definition) is 5. The van der Waals surface area contributed by atoms with Gasteiger partial charge in [-0.2, -0.15) is 4.98 Å². The van der Waals surface area contributed by atoms with Gasteiger partial charge in [0.1, 0.15) is 0 Å². The molecule has 0 saturated carbocycles. The standard InChI is InChI=1S/C12H14BrN3OS/c1-3-16(8-9-5-4-6-18-9)12-14-7-10(13)11(15-12)17-2/h4-7H,3,8H2,1-2H3. The Hall–Kier alpha value is -1.14. The minimum Gasteiger partial charge on any atom is -0.480 e. The molecule has 4 nitrogen and oxygen atoms in total. The highest BCUT2D eigenvalue weighted by molar-refractivity contribution is 9.10. The predicted molar refractivity (Wildman–Crippen MR) is 77.3 cm³/mol. The molecule has 18 heavy (non-hydrogen) atoms. The molecule has 2 rings (SSSR count). The Morgan fingerprint density at radius 1 is 1.50 bits per heavy atom. The number of halogens is 1. The van der Waals surface area contributed by atoms with Crippen LogP contribution >= 0.6 is 27.3 Å². The molecule has 0 fully saturated rings. The van der Waals surface area contributed by atoms with Gasteiger partial charge in [-0.15, -0.1) is 11.3 Å². The van der Waals surface area contributed by atoms with Crippen molar-refractivity contribution < 1.29 is 4.74 Å². The van der Waals surface area contributed by atoms with E-state index in [1.165, 1.54) is 4.88 Å². The summed E-state index contributed by atoms with van der Waals surface area (Å²) in [5, 5.41) is 2.08. The van der Waals surface area contributed by atoms with Crippen LogP contribution in [0.3, 0.4) is 0 Å². The zero-order valence-electron chi connectivity index (χ0n) is 10.3. The summed E-state index contributed by atoms with van der Waals surface area (Å²) in [5.41, 5.74) is 0. The Labute approximate surface area is 119 Å². The molecule has 0 bridgehead atoms. The Balaban J connectivity index is 2.21. The number of nitrogens with zero attached hydrogens (tertiary/aromatic N) is 3. The van der Waals surface area contributed by atoms with E-state index in [0.29, 0.717) is 11.8 Å². The summed E-state index contributed by atoms with van der Waals surface area (Å²) >= 11 is 5.09. The molecule has 2 aromatic heterocycles. The summed E-state index contributed by atoms with van der Waals surface area (Å²) < 4.78 is 5.96. The van der Waals surface area contributed by atoms with Crippen molar-refractivity contribution in [2.75, 3.05) is 18.6 Å². The van der Waals surface area contributed by atoms with Crippen molar-refractivity contribution >= 4 is 33.2 Å². The number of anilines is 1. The fourth-order valence-electron chi connectivity index (χ4n) is 1.55. The first-order valence-corrected chi connectivity index (χ1v) is 7.25. The second-order valence-electron chi connectivity index (χ2n) is 3.62. The van der Waals surface area contributed by atoms with Crippen molar-refractivity contribution in [2.24, 2.45) is 0 Å². The lowest BCUT2D eigenvalue weighted by Crippen LogP contribution is -2.23. The Morgan fingerprint density at radius 3 is 2.94 bits per heavy atom. The van der Waals surface area contributed by atoms with Gasteiger partial charge in [-0.05, 0) is 34.3 Å². The Bertz CT molecular complexity index is 504. The quantitative estimate of drug-likeness (QED) is 0.844. The molecule has 0 radical (unpaired) electrons. The topological polar surface area (TPSA) is 38.2 Å². The molecule has 2 aromatic rings. The lowest BCUT2D eigenvalue weighted by molar-refractivity contribution is 0.393. The minimum absolute atomic E-state index is 0.560. The molecular formula is C12H14BrN3OS. The number of aromatic nitrogens is 2. The number of methoxy groups -OCH3 is 1. The van der Waals surface area contributed by atoms with Gasteiger partial charge in [0.05, 0.1) is 24.3 Å². The van der Waals surface area contributed by atoms with Crippen molar-refractivity contribution in [1.29, 1.82) is 0 Å². The van der Waals surface area contributed by atoms with Gasteiger partial charge in [0.2, 0.25) is 11.8 Å². The number of ether oxygens (including phenoxy) is 1. The van der Waals surface area contributed by atoms with Crippen LogP contribution in [0.5, 0.6) is 5.88 Å². The molecule has 0 amide bonds. The van der Waals surface area contributed by atoms with Crippen LogP contribution < -0.4 is 9.64 Å². The van der Waals surface area contributed by atoms with E-state index in [9.17, 15) is 0 Å². The van der Waals surface area contributed by atoms with Gasteiger partial charge in [0.15, 0.2) is 0 Å².